The predicted molar refractivity (Wildman–Crippen MR) is 108 cm³/mol. The molecule has 0 bridgehead atoms. The summed E-state index contributed by atoms with van der Waals surface area (Å²) in [5.74, 6) is -1.41. The lowest BCUT2D eigenvalue weighted by molar-refractivity contribution is 0.0696. The second-order valence-electron chi connectivity index (χ2n) is 6.38. The molecule has 0 saturated carbocycles. The van der Waals surface area contributed by atoms with Crippen molar-refractivity contribution in [2.24, 2.45) is 0 Å². The Morgan fingerprint density at radius 1 is 1.15 bits per heavy atom. The van der Waals surface area contributed by atoms with Crippen molar-refractivity contribution in [3.8, 4) is 0 Å². The first-order chi connectivity index (χ1) is 12.9. The standard InChI is InChI=1S/C21H21ClN2O3/c1-4-13-6-9-18-15(10-13)12(3)19(24(18)5-2)20(25)23-14-7-8-17(22)16(11-14)21(26)27/h6-11H,4-5H2,1-3H3,(H,23,25)(H,26,27). The fraction of sp³-hybridized carbons (Fsp3) is 0.238. The quantitative estimate of drug-likeness (QED) is 0.640. The molecule has 1 amide bonds. The van der Waals surface area contributed by atoms with E-state index in [9.17, 15) is 14.7 Å². The van der Waals surface area contributed by atoms with Gasteiger partial charge in [-0.2, -0.15) is 0 Å². The van der Waals surface area contributed by atoms with Crippen molar-refractivity contribution in [1.29, 1.82) is 0 Å². The maximum Gasteiger partial charge on any atom is 0.337 e. The molecule has 27 heavy (non-hydrogen) atoms. The van der Waals surface area contributed by atoms with E-state index < -0.39 is 5.97 Å². The van der Waals surface area contributed by atoms with Gasteiger partial charge in [0.15, 0.2) is 0 Å². The molecule has 6 heteroatoms. The summed E-state index contributed by atoms with van der Waals surface area (Å²) in [6.07, 6.45) is 0.928. The Morgan fingerprint density at radius 2 is 1.89 bits per heavy atom. The molecular weight excluding hydrogens is 364 g/mol. The van der Waals surface area contributed by atoms with Gasteiger partial charge in [-0.05, 0) is 61.7 Å². The predicted octanol–water partition coefficient (Wildman–Crippen LogP) is 5.14. The lowest BCUT2D eigenvalue weighted by Crippen LogP contribution is -2.18. The number of aryl methyl sites for hydroxylation is 3. The molecule has 0 radical (unpaired) electrons. The van der Waals surface area contributed by atoms with Gasteiger partial charge in [0.25, 0.3) is 5.91 Å². The normalized spacial score (nSPS) is 11.0. The van der Waals surface area contributed by atoms with Gasteiger partial charge in [0, 0.05) is 23.1 Å². The molecule has 0 atom stereocenters. The number of nitrogens with zero attached hydrogens (tertiary/aromatic N) is 1. The number of anilines is 1. The van der Waals surface area contributed by atoms with Gasteiger partial charge >= 0.3 is 5.97 Å². The first-order valence-corrected chi connectivity index (χ1v) is 9.21. The summed E-state index contributed by atoms with van der Waals surface area (Å²) >= 11 is 5.90. The highest BCUT2D eigenvalue weighted by atomic mass is 35.5. The molecule has 0 saturated heterocycles. The summed E-state index contributed by atoms with van der Waals surface area (Å²) in [5.41, 5.74) is 4.06. The molecule has 0 fully saturated rings. The van der Waals surface area contributed by atoms with Gasteiger partial charge < -0.3 is 15.0 Å². The van der Waals surface area contributed by atoms with Crippen molar-refractivity contribution in [3.63, 3.8) is 0 Å². The van der Waals surface area contributed by atoms with E-state index in [1.54, 1.807) is 6.07 Å². The van der Waals surface area contributed by atoms with Crippen LogP contribution in [0.1, 0.15) is 45.8 Å². The summed E-state index contributed by atoms with van der Waals surface area (Å²) in [5, 5.41) is 13.2. The van der Waals surface area contributed by atoms with Crippen molar-refractivity contribution in [1.82, 2.24) is 4.57 Å². The number of carbonyl (C=O) groups excluding carboxylic acids is 1. The average molecular weight is 385 g/mol. The zero-order valence-corrected chi connectivity index (χ0v) is 16.2. The largest absolute Gasteiger partial charge is 0.478 e. The summed E-state index contributed by atoms with van der Waals surface area (Å²) in [4.78, 5) is 24.3. The maximum atomic E-state index is 13.0. The SMILES string of the molecule is CCc1ccc2c(c1)c(C)c(C(=O)Nc1ccc(Cl)c(C(=O)O)c1)n2CC. The van der Waals surface area contributed by atoms with E-state index >= 15 is 0 Å². The molecule has 140 valence electrons. The minimum Gasteiger partial charge on any atom is -0.478 e. The van der Waals surface area contributed by atoms with Crippen LogP contribution in [-0.4, -0.2) is 21.6 Å². The Kier molecular flexibility index (Phi) is 5.24. The zero-order chi connectivity index (χ0) is 19.7. The van der Waals surface area contributed by atoms with E-state index in [1.165, 1.54) is 17.7 Å². The minimum absolute atomic E-state index is 0.0465. The van der Waals surface area contributed by atoms with Crippen LogP contribution in [0.4, 0.5) is 5.69 Å². The van der Waals surface area contributed by atoms with Crippen molar-refractivity contribution < 1.29 is 14.7 Å². The third-order valence-electron chi connectivity index (χ3n) is 4.78. The highest BCUT2D eigenvalue weighted by Gasteiger charge is 2.20. The fourth-order valence-electron chi connectivity index (χ4n) is 3.37. The van der Waals surface area contributed by atoms with E-state index in [1.807, 2.05) is 24.5 Å². The Bertz CT molecular complexity index is 1050. The number of hydrogen-bond acceptors (Lipinski definition) is 2. The molecule has 1 aromatic heterocycles. The monoisotopic (exact) mass is 384 g/mol. The smallest absolute Gasteiger partial charge is 0.337 e. The fourth-order valence-corrected chi connectivity index (χ4v) is 3.57. The minimum atomic E-state index is -1.14. The third-order valence-corrected chi connectivity index (χ3v) is 5.10. The summed E-state index contributed by atoms with van der Waals surface area (Å²) < 4.78 is 1.98. The molecular formula is C21H21ClN2O3. The first-order valence-electron chi connectivity index (χ1n) is 8.83. The molecule has 5 nitrogen and oxygen atoms in total. The van der Waals surface area contributed by atoms with Gasteiger partial charge in [-0.3, -0.25) is 4.79 Å². The van der Waals surface area contributed by atoms with E-state index in [2.05, 4.69) is 24.4 Å². The highest BCUT2D eigenvalue weighted by molar-refractivity contribution is 6.33. The van der Waals surface area contributed by atoms with Gasteiger partial charge in [-0.25, -0.2) is 4.79 Å². The van der Waals surface area contributed by atoms with Crippen LogP contribution in [0.3, 0.4) is 0 Å². The highest BCUT2D eigenvalue weighted by Crippen LogP contribution is 2.28. The van der Waals surface area contributed by atoms with E-state index in [0.29, 0.717) is 17.9 Å². The number of aromatic carboxylic acids is 1. The second kappa shape index (κ2) is 7.45. The van der Waals surface area contributed by atoms with Gasteiger partial charge in [-0.1, -0.05) is 24.6 Å². The number of fused-ring (bicyclic) bond motifs is 1. The molecule has 3 aromatic rings. The number of rotatable bonds is 5. The number of carbonyl (C=O) groups is 2. The number of amides is 1. The van der Waals surface area contributed by atoms with Crippen LogP contribution >= 0.6 is 11.6 Å². The molecule has 3 rings (SSSR count). The van der Waals surface area contributed by atoms with Crippen molar-refractivity contribution in [2.75, 3.05) is 5.32 Å². The number of carboxylic acid groups (broad SMARTS) is 1. The van der Waals surface area contributed by atoms with Crippen LogP contribution in [0.2, 0.25) is 5.02 Å². The third kappa shape index (κ3) is 3.43. The van der Waals surface area contributed by atoms with Crippen LogP contribution in [0.25, 0.3) is 10.9 Å². The van der Waals surface area contributed by atoms with Gasteiger partial charge in [0.2, 0.25) is 0 Å². The number of hydrogen-bond donors (Lipinski definition) is 2. The Balaban J connectivity index is 2.04. The number of benzene rings is 2. The number of halogens is 1. The summed E-state index contributed by atoms with van der Waals surface area (Å²) in [7, 11) is 0. The number of aromatic nitrogens is 1. The van der Waals surface area contributed by atoms with Gasteiger partial charge in [0.1, 0.15) is 5.69 Å². The van der Waals surface area contributed by atoms with Gasteiger partial charge in [-0.15, -0.1) is 0 Å². The molecule has 0 aliphatic heterocycles. The lowest BCUT2D eigenvalue weighted by atomic mass is 10.1. The molecule has 0 spiro atoms. The molecule has 0 aliphatic carbocycles. The van der Waals surface area contributed by atoms with Crippen molar-refractivity contribution in [2.45, 2.75) is 33.7 Å². The lowest BCUT2D eigenvalue weighted by Gasteiger charge is -2.11. The topological polar surface area (TPSA) is 71.3 Å². The van der Waals surface area contributed by atoms with Crippen molar-refractivity contribution in [3.05, 3.63) is 63.8 Å². The zero-order valence-electron chi connectivity index (χ0n) is 15.5. The molecule has 2 aromatic carbocycles. The van der Waals surface area contributed by atoms with Gasteiger partial charge in [0.05, 0.1) is 10.6 Å². The second-order valence-corrected chi connectivity index (χ2v) is 6.78. The number of carboxylic acids is 1. The molecule has 1 heterocycles. The molecule has 2 N–H and O–H groups in total. The van der Waals surface area contributed by atoms with E-state index in [0.717, 1.165) is 22.9 Å². The van der Waals surface area contributed by atoms with Crippen molar-refractivity contribution >= 4 is 40.1 Å². The maximum absolute atomic E-state index is 13.0. The van der Waals surface area contributed by atoms with Crippen LogP contribution in [0, 0.1) is 6.92 Å². The summed E-state index contributed by atoms with van der Waals surface area (Å²) in [6, 6.07) is 10.7. The van der Waals surface area contributed by atoms with E-state index in [-0.39, 0.29) is 16.5 Å². The first kappa shape index (κ1) is 19.0. The summed E-state index contributed by atoms with van der Waals surface area (Å²) in [6.45, 7) is 6.68. The van der Waals surface area contributed by atoms with Crippen LogP contribution in [0.15, 0.2) is 36.4 Å². The Hall–Kier alpha value is -2.79. The van der Waals surface area contributed by atoms with E-state index in [4.69, 9.17) is 11.6 Å². The van der Waals surface area contributed by atoms with Crippen LogP contribution in [0.5, 0.6) is 0 Å². The Labute approximate surface area is 162 Å². The average Bonchev–Trinajstić information content (AvgIpc) is 2.94. The molecule has 0 aliphatic rings. The number of nitrogens with one attached hydrogen (secondary N) is 1. The van der Waals surface area contributed by atoms with Crippen LogP contribution < -0.4 is 5.32 Å². The molecule has 0 unspecified atom stereocenters. The Morgan fingerprint density at radius 3 is 2.52 bits per heavy atom. The van der Waals surface area contributed by atoms with Crippen LogP contribution in [-0.2, 0) is 13.0 Å².